The zero-order chi connectivity index (χ0) is 24.7. The van der Waals surface area contributed by atoms with Crippen molar-refractivity contribution in [3.8, 4) is 11.3 Å². The van der Waals surface area contributed by atoms with Crippen molar-refractivity contribution in [3.05, 3.63) is 78.1 Å². The molecule has 4 heteroatoms. The third kappa shape index (κ3) is 3.06. The molecule has 0 bridgehead atoms. The summed E-state index contributed by atoms with van der Waals surface area (Å²) in [5.74, 6) is 0.293. The van der Waals surface area contributed by atoms with Crippen molar-refractivity contribution < 1.29 is 9.30 Å². The maximum absolute atomic E-state index is 5.57. The topological polar surface area (TPSA) is 26.0 Å². The zero-order valence-corrected chi connectivity index (χ0v) is 22.8. The van der Waals surface area contributed by atoms with Gasteiger partial charge in [-0.15, -0.1) is 0 Å². The standard InChI is InChI=1S/C31H35N2OSi/c1-8-26-22(13-14-34-4)23-15-19-11-9-10-12-21(19)29-27(23)30-28-24(31(29,2)3)16-20(35(5,6)7)17-25(28)32-18-33(26)30/h8-12,15-18,22,26H,1,13-14H2,2-7H3/q+1. The van der Waals surface area contributed by atoms with Gasteiger partial charge in [0.15, 0.2) is 5.52 Å². The van der Waals surface area contributed by atoms with Gasteiger partial charge in [0, 0.05) is 30.6 Å². The van der Waals surface area contributed by atoms with Crippen molar-refractivity contribution in [3.63, 3.8) is 0 Å². The Kier molecular flexibility index (Phi) is 4.90. The van der Waals surface area contributed by atoms with Gasteiger partial charge in [0.05, 0.1) is 13.5 Å². The first-order chi connectivity index (χ1) is 16.7. The Bertz CT molecular complexity index is 1530. The van der Waals surface area contributed by atoms with Crippen LogP contribution in [0.5, 0.6) is 0 Å². The maximum Gasteiger partial charge on any atom is 0.287 e. The fraction of sp³-hybridized carbons (Fsp3) is 0.355. The molecule has 1 aliphatic heterocycles. The molecule has 2 aliphatic rings. The first-order valence-corrected chi connectivity index (χ1v) is 16.2. The van der Waals surface area contributed by atoms with Gasteiger partial charge in [-0.1, -0.05) is 75.6 Å². The van der Waals surface area contributed by atoms with Crippen LogP contribution in [-0.2, 0) is 10.2 Å². The summed E-state index contributed by atoms with van der Waals surface area (Å²) in [5, 5.41) is 5.48. The fourth-order valence-corrected chi connectivity index (χ4v) is 7.77. The number of benzene rings is 3. The average molecular weight is 480 g/mol. The Balaban J connectivity index is 1.83. The molecule has 1 aromatic heterocycles. The molecule has 4 aromatic rings. The summed E-state index contributed by atoms with van der Waals surface area (Å²) in [6.07, 6.45) is 5.13. The van der Waals surface area contributed by atoms with Crippen LogP contribution < -0.4 is 9.75 Å². The van der Waals surface area contributed by atoms with Crippen LogP contribution in [0.2, 0.25) is 19.6 Å². The third-order valence-corrected chi connectivity index (χ3v) is 10.4. The normalized spacial score (nSPS) is 19.8. The number of aromatic nitrogens is 2. The molecule has 6 rings (SSSR count). The average Bonchev–Trinajstić information content (AvgIpc) is 2.83. The lowest BCUT2D eigenvalue weighted by atomic mass is 9.64. The van der Waals surface area contributed by atoms with Crippen molar-refractivity contribution in [1.29, 1.82) is 0 Å². The van der Waals surface area contributed by atoms with E-state index in [0.717, 1.165) is 18.5 Å². The first-order valence-electron chi connectivity index (χ1n) is 12.7. The molecule has 35 heavy (non-hydrogen) atoms. The highest BCUT2D eigenvalue weighted by atomic mass is 28.3. The quantitative estimate of drug-likeness (QED) is 0.188. The summed E-state index contributed by atoms with van der Waals surface area (Å²) in [7, 11) is 0.262. The highest BCUT2D eigenvalue weighted by Crippen LogP contribution is 2.55. The highest BCUT2D eigenvalue weighted by molar-refractivity contribution is 6.88. The van der Waals surface area contributed by atoms with Crippen molar-refractivity contribution in [2.24, 2.45) is 0 Å². The minimum Gasteiger partial charge on any atom is -0.385 e. The molecule has 178 valence electrons. The molecule has 0 spiro atoms. The molecule has 0 radical (unpaired) electrons. The van der Waals surface area contributed by atoms with Crippen LogP contribution >= 0.6 is 0 Å². The van der Waals surface area contributed by atoms with Crippen molar-refractivity contribution in [2.45, 2.75) is 57.3 Å². The molecule has 1 aliphatic carbocycles. The van der Waals surface area contributed by atoms with Crippen LogP contribution in [0.15, 0.2) is 61.4 Å². The number of allylic oxidation sites excluding steroid dienone is 1. The smallest absolute Gasteiger partial charge is 0.287 e. The van der Waals surface area contributed by atoms with Crippen LogP contribution in [0.4, 0.5) is 0 Å². The van der Waals surface area contributed by atoms with Gasteiger partial charge >= 0.3 is 0 Å². The van der Waals surface area contributed by atoms with E-state index in [4.69, 9.17) is 9.72 Å². The van der Waals surface area contributed by atoms with Crippen molar-refractivity contribution in [1.82, 2.24) is 4.98 Å². The second kappa shape index (κ2) is 7.59. The zero-order valence-electron chi connectivity index (χ0n) is 21.8. The Hall–Kier alpha value is -2.82. The Morgan fingerprint density at radius 2 is 1.91 bits per heavy atom. The lowest BCUT2D eigenvalue weighted by Crippen LogP contribution is -2.49. The Morgan fingerprint density at radius 3 is 2.63 bits per heavy atom. The van der Waals surface area contributed by atoms with Gasteiger partial charge in [-0.2, -0.15) is 0 Å². The molecular weight excluding hydrogens is 444 g/mol. The largest absolute Gasteiger partial charge is 0.385 e. The summed E-state index contributed by atoms with van der Waals surface area (Å²) in [6.45, 7) is 17.1. The van der Waals surface area contributed by atoms with E-state index in [-0.39, 0.29) is 11.5 Å². The summed E-state index contributed by atoms with van der Waals surface area (Å²) in [5.41, 5.74) is 8.02. The number of rotatable bonds is 5. The number of nitrogens with zero attached hydrogens (tertiary/aromatic N) is 2. The van der Waals surface area contributed by atoms with Gasteiger partial charge in [-0.25, -0.2) is 4.57 Å². The van der Waals surface area contributed by atoms with Crippen LogP contribution in [0.1, 0.15) is 48.9 Å². The van der Waals surface area contributed by atoms with Gasteiger partial charge in [-0.3, -0.25) is 0 Å². The first kappa shape index (κ1) is 22.6. The molecule has 0 saturated heterocycles. The number of ether oxygens (including phenoxy) is 1. The Morgan fingerprint density at radius 1 is 1.14 bits per heavy atom. The number of methoxy groups -OCH3 is 1. The van der Waals surface area contributed by atoms with Crippen LogP contribution in [-0.4, -0.2) is 26.8 Å². The van der Waals surface area contributed by atoms with E-state index in [2.05, 4.69) is 99.5 Å². The third-order valence-electron chi connectivity index (χ3n) is 8.42. The maximum atomic E-state index is 5.57. The minimum absolute atomic E-state index is 0.139. The number of hydrogen-bond acceptors (Lipinski definition) is 2. The van der Waals surface area contributed by atoms with E-state index in [9.17, 15) is 0 Å². The van der Waals surface area contributed by atoms with E-state index in [1.54, 1.807) is 7.11 Å². The van der Waals surface area contributed by atoms with Gasteiger partial charge in [0.1, 0.15) is 11.7 Å². The predicted octanol–water partition coefficient (Wildman–Crippen LogP) is 6.39. The lowest BCUT2D eigenvalue weighted by molar-refractivity contribution is -0.708. The molecule has 2 unspecified atom stereocenters. The fourth-order valence-electron chi connectivity index (χ4n) is 6.62. The summed E-state index contributed by atoms with van der Waals surface area (Å²) in [4.78, 5) is 5.08. The Labute approximate surface area is 209 Å². The molecule has 2 heterocycles. The van der Waals surface area contributed by atoms with E-state index >= 15 is 0 Å². The molecule has 0 amide bonds. The van der Waals surface area contributed by atoms with Gasteiger partial charge in [0.25, 0.3) is 6.33 Å². The SMILES string of the molecule is C=CC1C(CCOC)c2cc3ccccc3c3c2-c2c4c(cc([Si](C)(C)C)cc4nc[n+]21)C3(C)C. The molecule has 0 saturated carbocycles. The number of hydrogen-bond donors (Lipinski definition) is 0. The molecule has 2 atom stereocenters. The second-order valence-corrected chi connectivity index (χ2v) is 16.9. The summed E-state index contributed by atoms with van der Waals surface area (Å²) >= 11 is 0. The highest BCUT2D eigenvalue weighted by Gasteiger charge is 2.46. The second-order valence-electron chi connectivity index (χ2n) is 11.8. The van der Waals surface area contributed by atoms with Crippen LogP contribution in [0.3, 0.4) is 0 Å². The molecule has 0 fully saturated rings. The summed E-state index contributed by atoms with van der Waals surface area (Å²) < 4.78 is 7.98. The molecule has 3 nitrogen and oxygen atoms in total. The van der Waals surface area contributed by atoms with Crippen molar-refractivity contribution >= 4 is 34.9 Å². The van der Waals surface area contributed by atoms with Crippen LogP contribution in [0, 0.1) is 0 Å². The van der Waals surface area contributed by atoms with E-state index in [0.29, 0.717) is 5.92 Å². The summed E-state index contributed by atoms with van der Waals surface area (Å²) in [6, 6.07) is 16.4. The number of fused-ring (bicyclic) bond motifs is 2. The van der Waals surface area contributed by atoms with Crippen LogP contribution in [0.25, 0.3) is 32.9 Å². The van der Waals surface area contributed by atoms with Gasteiger partial charge < -0.3 is 4.74 Å². The van der Waals surface area contributed by atoms with E-state index < -0.39 is 8.07 Å². The molecule has 0 N–H and O–H groups in total. The van der Waals surface area contributed by atoms with Gasteiger partial charge in [0.2, 0.25) is 0 Å². The molecule has 3 aromatic carbocycles. The molecular formula is C31H35N2OSi+. The van der Waals surface area contributed by atoms with Crippen molar-refractivity contribution in [2.75, 3.05) is 13.7 Å². The van der Waals surface area contributed by atoms with E-state index in [1.165, 1.54) is 49.3 Å². The lowest BCUT2D eigenvalue weighted by Gasteiger charge is -2.41. The predicted molar refractivity (Wildman–Crippen MR) is 148 cm³/mol. The van der Waals surface area contributed by atoms with E-state index in [1.807, 2.05) is 0 Å². The van der Waals surface area contributed by atoms with Gasteiger partial charge in [-0.05, 0) is 57.1 Å². The minimum atomic E-state index is -1.53. The monoisotopic (exact) mass is 479 g/mol.